The van der Waals surface area contributed by atoms with Crippen molar-refractivity contribution < 1.29 is 0 Å². The van der Waals surface area contributed by atoms with Gasteiger partial charge in [0.15, 0.2) is 0 Å². The maximum atomic E-state index is 2.47. The third-order valence-corrected chi connectivity index (χ3v) is 17.1. The summed E-state index contributed by atoms with van der Waals surface area (Å²) in [6.07, 6.45) is 0. The number of rotatable bonds is 9. The molecule has 3 heteroatoms. The van der Waals surface area contributed by atoms with Gasteiger partial charge in [0.25, 0.3) is 0 Å². The van der Waals surface area contributed by atoms with Gasteiger partial charge in [-0.25, -0.2) is 0 Å². The molecular formula is C73H48N2S. The summed E-state index contributed by atoms with van der Waals surface area (Å²) in [5.41, 5.74) is 21.0. The number of hydrogen-bond acceptors (Lipinski definition) is 2. The maximum absolute atomic E-state index is 2.47. The predicted molar refractivity (Wildman–Crippen MR) is 322 cm³/mol. The lowest BCUT2D eigenvalue weighted by Gasteiger charge is -2.34. The Labute approximate surface area is 446 Å². The Kier molecular flexibility index (Phi) is 10.3. The second kappa shape index (κ2) is 17.8. The van der Waals surface area contributed by atoms with Crippen LogP contribution >= 0.6 is 11.3 Å². The summed E-state index contributed by atoms with van der Waals surface area (Å²) in [4.78, 5) is 2.47. The summed E-state index contributed by atoms with van der Waals surface area (Å²) in [6, 6.07) is 107. The van der Waals surface area contributed by atoms with Crippen LogP contribution in [0.5, 0.6) is 0 Å². The molecule has 0 spiro atoms. The second-order valence-electron chi connectivity index (χ2n) is 19.9. The molecule has 76 heavy (non-hydrogen) atoms. The monoisotopic (exact) mass is 984 g/mol. The summed E-state index contributed by atoms with van der Waals surface area (Å²) in [7, 11) is 0. The van der Waals surface area contributed by atoms with E-state index in [0.717, 1.165) is 28.3 Å². The Bertz CT molecular complexity index is 4400. The fourth-order valence-electron chi connectivity index (χ4n) is 12.5. The van der Waals surface area contributed by atoms with E-state index in [9.17, 15) is 0 Å². The minimum absolute atomic E-state index is 0.528. The molecule has 0 aliphatic heterocycles. The Balaban J connectivity index is 0.859. The van der Waals surface area contributed by atoms with Crippen LogP contribution in [-0.2, 0) is 5.41 Å². The lowest BCUT2D eigenvalue weighted by molar-refractivity contribution is 0.768. The summed E-state index contributed by atoms with van der Waals surface area (Å²) < 4.78 is 5.06. The lowest BCUT2D eigenvalue weighted by atomic mass is 9.68. The molecule has 0 amide bonds. The summed E-state index contributed by atoms with van der Waals surface area (Å²) >= 11 is 1.88. The van der Waals surface area contributed by atoms with Crippen LogP contribution in [0.3, 0.4) is 0 Å². The smallest absolute Gasteiger partial charge is 0.0714 e. The van der Waals surface area contributed by atoms with Gasteiger partial charge < -0.3 is 9.47 Å². The summed E-state index contributed by atoms with van der Waals surface area (Å²) in [5, 5.41) is 5.16. The molecule has 2 heterocycles. The molecule has 14 aromatic rings. The zero-order valence-corrected chi connectivity index (χ0v) is 42.3. The van der Waals surface area contributed by atoms with Crippen LogP contribution in [0.1, 0.15) is 22.3 Å². The molecule has 12 aromatic carbocycles. The van der Waals surface area contributed by atoms with Crippen LogP contribution < -0.4 is 4.90 Å². The molecule has 0 saturated heterocycles. The number of anilines is 3. The first-order valence-corrected chi connectivity index (χ1v) is 27.0. The number of aromatic nitrogens is 1. The van der Waals surface area contributed by atoms with Gasteiger partial charge in [-0.15, -0.1) is 11.3 Å². The molecular weight excluding hydrogens is 937 g/mol. The van der Waals surface area contributed by atoms with Gasteiger partial charge in [0.05, 0.1) is 22.1 Å². The van der Waals surface area contributed by atoms with Crippen molar-refractivity contribution >= 4 is 70.4 Å². The number of para-hydroxylation sites is 2. The molecule has 2 nitrogen and oxygen atoms in total. The lowest BCUT2D eigenvalue weighted by Crippen LogP contribution is -2.28. The van der Waals surface area contributed by atoms with Gasteiger partial charge in [0.2, 0.25) is 0 Å². The molecule has 2 aromatic heterocycles. The Morgan fingerprint density at radius 3 is 1.49 bits per heavy atom. The number of nitrogens with zero attached hydrogens (tertiary/aromatic N) is 2. The summed E-state index contributed by atoms with van der Waals surface area (Å²) in [6.45, 7) is 0. The predicted octanol–water partition coefficient (Wildman–Crippen LogP) is 20.0. The van der Waals surface area contributed by atoms with Crippen molar-refractivity contribution in [2.75, 3.05) is 4.90 Å². The van der Waals surface area contributed by atoms with E-state index in [1.165, 1.54) is 103 Å². The van der Waals surface area contributed by atoms with Crippen LogP contribution in [0.15, 0.2) is 291 Å². The Morgan fingerprint density at radius 1 is 0.329 bits per heavy atom. The van der Waals surface area contributed by atoms with Gasteiger partial charge in [-0.05, 0) is 122 Å². The van der Waals surface area contributed by atoms with Crippen molar-refractivity contribution in [1.82, 2.24) is 4.57 Å². The zero-order chi connectivity index (χ0) is 50.2. The average molecular weight is 985 g/mol. The first kappa shape index (κ1) is 44.0. The molecule has 0 radical (unpaired) electrons. The highest BCUT2D eigenvalue weighted by molar-refractivity contribution is 7.26. The van der Waals surface area contributed by atoms with Gasteiger partial charge in [-0.2, -0.15) is 0 Å². The third-order valence-electron chi connectivity index (χ3n) is 15.9. The number of fused-ring (bicyclic) bond motifs is 9. The largest absolute Gasteiger partial charge is 0.310 e. The van der Waals surface area contributed by atoms with E-state index in [4.69, 9.17) is 0 Å². The van der Waals surface area contributed by atoms with Crippen LogP contribution in [-0.4, -0.2) is 4.57 Å². The molecule has 0 unspecified atom stereocenters. The van der Waals surface area contributed by atoms with Crippen LogP contribution in [0.4, 0.5) is 17.1 Å². The van der Waals surface area contributed by atoms with Crippen LogP contribution in [0.25, 0.3) is 92.2 Å². The molecule has 356 valence electrons. The van der Waals surface area contributed by atoms with E-state index in [1.54, 1.807) is 0 Å². The van der Waals surface area contributed by atoms with E-state index in [1.807, 2.05) is 11.3 Å². The minimum Gasteiger partial charge on any atom is -0.310 e. The van der Waals surface area contributed by atoms with Crippen molar-refractivity contribution in [2.24, 2.45) is 0 Å². The van der Waals surface area contributed by atoms with Crippen LogP contribution in [0, 0.1) is 0 Å². The van der Waals surface area contributed by atoms with Crippen molar-refractivity contribution in [3.63, 3.8) is 0 Å². The second-order valence-corrected chi connectivity index (χ2v) is 21.0. The fourth-order valence-corrected chi connectivity index (χ4v) is 13.8. The number of benzene rings is 12. The number of hydrogen-bond donors (Lipinski definition) is 0. The normalized spacial score (nSPS) is 12.6. The van der Waals surface area contributed by atoms with Crippen molar-refractivity contribution in [3.05, 3.63) is 313 Å². The van der Waals surface area contributed by atoms with E-state index >= 15 is 0 Å². The number of thiophene rings is 1. The summed E-state index contributed by atoms with van der Waals surface area (Å²) in [5.74, 6) is 0. The molecule has 1 aliphatic carbocycles. The molecule has 0 N–H and O–H groups in total. The van der Waals surface area contributed by atoms with E-state index in [0.29, 0.717) is 0 Å². The highest BCUT2D eigenvalue weighted by Crippen LogP contribution is 2.59. The van der Waals surface area contributed by atoms with Crippen molar-refractivity contribution in [2.45, 2.75) is 5.41 Å². The van der Waals surface area contributed by atoms with Gasteiger partial charge in [0.1, 0.15) is 0 Å². The van der Waals surface area contributed by atoms with Gasteiger partial charge in [0, 0.05) is 53.6 Å². The van der Waals surface area contributed by atoms with E-state index < -0.39 is 5.41 Å². The Morgan fingerprint density at radius 2 is 0.816 bits per heavy atom. The topological polar surface area (TPSA) is 8.17 Å². The Hall–Kier alpha value is -9.54. The van der Waals surface area contributed by atoms with Gasteiger partial charge in [-0.3, -0.25) is 0 Å². The van der Waals surface area contributed by atoms with Crippen molar-refractivity contribution in [3.8, 4) is 50.2 Å². The molecule has 0 bridgehead atoms. The SMILES string of the molecule is c1ccc(C2(c3ccccc3)c3ccccc3-c3c(N(c4ccc(-c5ccc(-c6cccc7c6sc6ccccc67)cc5)cc4)c4ccc(-c5cccc(-n6c7ccccc7c7ccccc76)c5)cc4)cccc32)cc1. The molecule has 0 saturated carbocycles. The molecule has 15 rings (SSSR count). The van der Waals surface area contributed by atoms with Crippen LogP contribution in [0.2, 0.25) is 0 Å². The average Bonchev–Trinajstić information content (AvgIpc) is 4.24. The van der Waals surface area contributed by atoms with Gasteiger partial charge >= 0.3 is 0 Å². The van der Waals surface area contributed by atoms with Gasteiger partial charge in [-0.1, -0.05) is 231 Å². The quantitative estimate of drug-likeness (QED) is 0.140. The highest BCUT2D eigenvalue weighted by atomic mass is 32.1. The van der Waals surface area contributed by atoms with E-state index in [-0.39, 0.29) is 0 Å². The first-order chi connectivity index (χ1) is 37.7. The zero-order valence-electron chi connectivity index (χ0n) is 41.5. The first-order valence-electron chi connectivity index (χ1n) is 26.2. The third kappa shape index (κ3) is 6.86. The maximum Gasteiger partial charge on any atom is 0.0714 e. The molecule has 0 atom stereocenters. The van der Waals surface area contributed by atoms with E-state index in [2.05, 4.69) is 301 Å². The standard InChI is InChI=1S/C73H48N2S/c1-3-19-54(20-4-1)73(55-21-5-2-6-22-55)65-30-11-7-27-64(65)71-66(73)31-17-34-69(71)74(56-44-40-50(41-45-56)49-36-38-52(39-37-49)59-28-16-29-63-62-26-10-14-35-70(62)76-72(59)63)57-46-42-51(43-47-57)53-18-15-23-58(48-53)75-67-32-12-8-24-60(67)61-25-9-13-33-68(61)75/h1-48H. The molecule has 0 fully saturated rings. The highest BCUT2D eigenvalue weighted by Gasteiger charge is 2.47. The minimum atomic E-state index is -0.528. The fraction of sp³-hybridized carbons (Fsp3) is 0.0137. The molecule has 1 aliphatic rings. The van der Waals surface area contributed by atoms with Crippen molar-refractivity contribution in [1.29, 1.82) is 0 Å².